The van der Waals surface area contributed by atoms with E-state index >= 15 is 0 Å². The lowest BCUT2D eigenvalue weighted by Gasteiger charge is -2.59. The second kappa shape index (κ2) is 4.16. The van der Waals surface area contributed by atoms with Crippen molar-refractivity contribution in [2.45, 2.75) is 33.1 Å². The Labute approximate surface area is 138 Å². The Hall–Kier alpha value is -1.98. The molecule has 2 saturated heterocycles. The van der Waals surface area contributed by atoms with Crippen molar-refractivity contribution in [3.05, 3.63) is 11.1 Å². The standard InChI is InChI=1S/C18H18O6/c1-6-3-4-8-7(2)9-10-12(16(21)23-14(10)19)18(8,5-6)13-11(9)15(20)24-17(13)22/h6,9-13H,3-5H2,1-2H3/t6-,9?,10+,11+,12-,13-,18?/m0/s1. The highest BCUT2D eigenvalue weighted by Crippen LogP contribution is 2.71. The summed E-state index contributed by atoms with van der Waals surface area (Å²) in [6, 6.07) is 0. The molecule has 2 bridgehead atoms. The van der Waals surface area contributed by atoms with Crippen LogP contribution >= 0.6 is 0 Å². The molecule has 0 amide bonds. The summed E-state index contributed by atoms with van der Waals surface area (Å²) >= 11 is 0. The van der Waals surface area contributed by atoms with E-state index in [1.165, 1.54) is 0 Å². The maximum Gasteiger partial charge on any atom is 0.318 e. The number of rotatable bonds is 0. The Morgan fingerprint density at radius 1 is 0.875 bits per heavy atom. The molecule has 6 aliphatic rings. The van der Waals surface area contributed by atoms with Crippen molar-refractivity contribution in [2.75, 3.05) is 0 Å². The van der Waals surface area contributed by atoms with E-state index in [1.807, 2.05) is 6.92 Å². The molecule has 0 aromatic heterocycles. The van der Waals surface area contributed by atoms with Gasteiger partial charge in [0.05, 0.1) is 23.7 Å². The normalized spacial score (nSPS) is 48.9. The van der Waals surface area contributed by atoms with E-state index in [0.717, 1.165) is 24.0 Å². The number of esters is 4. The molecule has 24 heavy (non-hydrogen) atoms. The van der Waals surface area contributed by atoms with Crippen molar-refractivity contribution >= 4 is 23.9 Å². The zero-order chi connectivity index (χ0) is 17.0. The molecule has 4 fully saturated rings. The van der Waals surface area contributed by atoms with E-state index in [2.05, 4.69) is 6.92 Å². The van der Waals surface area contributed by atoms with Gasteiger partial charge in [-0.05, 0) is 32.1 Å². The van der Waals surface area contributed by atoms with Crippen LogP contribution in [0.15, 0.2) is 11.1 Å². The van der Waals surface area contributed by atoms with Gasteiger partial charge in [0.25, 0.3) is 0 Å². The summed E-state index contributed by atoms with van der Waals surface area (Å²) in [7, 11) is 0. The lowest BCUT2D eigenvalue weighted by Crippen LogP contribution is -2.62. The number of carbonyl (C=O) groups excluding carboxylic acids is 4. The first kappa shape index (κ1) is 14.4. The highest BCUT2D eigenvalue weighted by Gasteiger charge is 2.77. The average molecular weight is 330 g/mol. The van der Waals surface area contributed by atoms with Crippen LogP contribution in [0, 0.1) is 40.9 Å². The summed E-state index contributed by atoms with van der Waals surface area (Å²) < 4.78 is 9.97. The Morgan fingerprint density at radius 2 is 1.42 bits per heavy atom. The highest BCUT2D eigenvalue weighted by molar-refractivity contribution is 6.04. The van der Waals surface area contributed by atoms with Crippen LogP contribution in [0.25, 0.3) is 0 Å². The largest absolute Gasteiger partial charge is 0.393 e. The van der Waals surface area contributed by atoms with Gasteiger partial charge in [0, 0.05) is 11.3 Å². The van der Waals surface area contributed by atoms with Gasteiger partial charge >= 0.3 is 23.9 Å². The molecule has 6 heteroatoms. The molecule has 1 spiro atoms. The predicted octanol–water partition coefficient (Wildman–Crippen LogP) is 1.38. The second-order valence-corrected chi connectivity index (χ2v) is 8.06. The summed E-state index contributed by atoms with van der Waals surface area (Å²) in [5, 5.41) is 0. The highest BCUT2D eigenvalue weighted by atomic mass is 16.6. The molecule has 6 rings (SSSR count). The second-order valence-electron chi connectivity index (χ2n) is 8.06. The first-order valence-corrected chi connectivity index (χ1v) is 8.59. The van der Waals surface area contributed by atoms with Crippen LogP contribution in [0.4, 0.5) is 0 Å². The van der Waals surface area contributed by atoms with Crippen molar-refractivity contribution in [3.8, 4) is 0 Å². The summed E-state index contributed by atoms with van der Waals surface area (Å²) in [4.78, 5) is 49.9. The minimum Gasteiger partial charge on any atom is -0.393 e. The first-order valence-electron chi connectivity index (χ1n) is 8.59. The quantitative estimate of drug-likeness (QED) is 0.379. The molecule has 4 aliphatic carbocycles. The van der Waals surface area contributed by atoms with E-state index < -0.39 is 58.9 Å². The lowest BCUT2D eigenvalue weighted by molar-refractivity contribution is -0.157. The minimum absolute atomic E-state index is 0.310. The van der Waals surface area contributed by atoms with Crippen LogP contribution in [-0.4, -0.2) is 23.9 Å². The number of hydrogen-bond acceptors (Lipinski definition) is 6. The molecule has 2 aliphatic heterocycles. The number of hydrogen-bond donors (Lipinski definition) is 0. The molecule has 0 radical (unpaired) electrons. The Morgan fingerprint density at radius 3 is 1.96 bits per heavy atom. The Balaban J connectivity index is 1.83. The number of carbonyl (C=O) groups is 4. The lowest BCUT2D eigenvalue weighted by atomic mass is 9.39. The fourth-order valence-corrected chi connectivity index (χ4v) is 6.57. The van der Waals surface area contributed by atoms with Gasteiger partial charge in [-0.15, -0.1) is 0 Å². The van der Waals surface area contributed by atoms with Gasteiger partial charge in [-0.1, -0.05) is 18.1 Å². The predicted molar refractivity (Wildman–Crippen MR) is 77.8 cm³/mol. The van der Waals surface area contributed by atoms with Crippen molar-refractivity contribution in [1.82, 2.24) is 0 Å². The number of ether oxygens (including phenoxy) is 2. The fourth-order valence-electron chi connectivity index (χ4n) is 6.57. The third-order valence-electron chi connectivity index (χ3n) is 7.17. The zero-order valence-electron chi connectivity index (χ0n) is 13.5. The van der Waals surface area contributed by atoms with Gasteiger partial charge in [0.1, 0.15) is 0 Å². The molecule has 5 atom stereocenters. The van der Waals surface area contributed by atoms with Crippen molar-refractivity contribution in [1.29, 1.82) is 0 Å². The summed E-state index contributed by atoms with van der Waals surface area (Å²) in [5.74, 6) is -4.86. The van der Waals surface area contributed by atoms with E-state index in [9.17, 15) is 19.2 Å². The SMILES string of the molecule is CC1=C2CC[C@H](C)CC23[C@@H]2C(=O)OC(=O)[C@@H]2C1[C@H]1C(=O)OC(=O)[C@H]13. The molecule has 0 aromatic rings. The molecule has 0 N–H and O–H groups in total. The van der Waals surface area contributed by atoms with E-state index in [0.29, 0.717) is 12.3 Å². The Bertz CT molecular complexity index is 719. The summed E-state index contributed by atoms with van der Waals surface area (Å²) in [5.41, 5.74) is 1.33. The zero-order valence-corrected chi connectivity index (χ0v) is 13.5. The van der Waals surface area contributed by atoms with Crippen LogP contribution in [0.2, 0.25) is 0 Å². The van der Waals surface area contributed by atoms with Gasteiger partial charge in [0.2, 0.25) is 0 Å². The topological polar surface area (TPSA) is 86.7 Å². The minimum atomic E-state index is -0.779. The molecule has 0 unspecified atom stereocenters. The number of allylic oxidation sites excluding steroid dienone is 2. The van der Waals surface area contributed by atoms with Gasteiger partial charge in [-0.25, -0.2) is 0 Å². The molecule has 126 valence electrons. The third kappa shape index (κ3) is 1.32. The maximum absolute atomic E-state index is 12.5. The average Bonchev–Trinajstić information content (AvgIpc) is 2.98. The molecule has 6 nitrogen and oxygen atoms in total. The van der Waals surface area contributed by atoms with Crippen molar-refractivity contribution < 1.29 is 28.7 Å². The number of cyclic esters (lactones) is 4. The summed E-state index contributed by atoms with van der Waals surface area (Å²) in [6.45, 7) is 4.04. The fraction of sp³-hybridized carbons (Fsp3) is 0.667. The van der Waals surface area contributed by atoms with Crippen LogP contribution in [-0.2, 0) is 28.7 Å². The smallest absolute Gasteiger partial charge is 0.318 e. The Kier molecular flexibility index (Phi) is 2.49. The molecule has 0 aromatic carbocycles. The van der Waals surface area contributed by atoms with Crippen LogP contribution < -0.4 is 0 Å². The van der Waals surface area contributed by atoms with Gasteiger partial charge < -0.3 is 9.47 Å². The monoisotopic (exact) mass is 330 g/mol. The molecule has 2 heterocycles. The van der Waals surface area contributed by atoms with Crippen LogP contribution in [0.5, 0.6) is 0 Å². The molecular formula is C18H18O6. The van der Waals surface area contributed by atoms with Crippen LogP contribution in [0.3, 0.4) is 0 Å². The van der Waals surface area contributed by atoms with Crippen LogP contribution in [0.1, 0.15) is 33.1 Å². The van der Waals surface area contributed by atoms with Crippen molar-refractivity contribution in [2.24, 2.45) is 40.9 Å². The van der Waals surface area contributed by atoms with E-state index in [4.69, 9.17) is 9.47 Å². The van der Waals surface area contributed by atoms with Crippen molar-refractivity contribution in [3.63, 3.8) is 0 Å². The third-order valence-corrected chi connectivity index (χ3v) is 7.17. The van der Waals surface area contributed by atoms with Gasteiger partial charge in [0.15, 0.2) is 0 Å². The molecule has 2 saturated carbocycles. The van der Waals surface area contributed by atoms with E-state index in [1.54, 1.807) is 0 Å². The molecular weight excluding hydrogens is 312 g/mol. The van der Waals surface area contributed by atoms with E-state index in [-0.39, 0.29) is 0 Å². The summed E-state index contributed by atoms with van der Waals surface area (Å²) in [6.07, 6.45) is 2.42. The first-order chi connectivity index (χ1) is 11.4. The maximum atomic E-state index is 12.5. The van der Waals surface area contributed by atoms with Gasteiger partial charge in [-0.3, -0.25) is 19.2 Å². The van der Waals surface area contributed by atoms with Gasteiger partial charge in [-0.2, -0.15) is 0 Å².